The summed E-state index contributed by atoms with van der Waals surface area (Å²) in [5.41, 5.74) is 0.00516. The Balaban J connectivity index is 1.88. The number of hydrogen-bond donors (Lipinski definition) is 1. The van der Waals surface area contributed by atoms with Crippen LogP contribution in [0.25, 0.3) is 0 Å². The standard InChI is InChI=1S/C15H21ClN2O4/c1-15(2,3)22-14(20)18-5-4-11(18)9-21-12-6-10(8-19)13(16)17-7-12/h6-7,11,19H,4-5,8-9H2,1-3H3/t11-/m0/s1. The minimum Gasteiger partial charge on any atom is -0.490 e. The lowest BCUT2D eigenvalue weighted by Gasteiger charge is -2.40. The maximum absolute atomic E-state index is 12.0. The summed E-state index contributed by atoms with van der Waals surface area (Å²) in [5, 5.41) is 9.41. The fourth-order valence-corrected chi connectivity index (χ4v) is 2.19. The smallest absolute Gasteiger partial charge is 0.410 e. The van der Waals surface area contributed by atoms with Gasteiger partial charge in [-0.05, 0) is 33.3 Å². The van der Waals surface area contributed by atoms with E-state index in [1.165, 1.54) is 6.20 Å². The van der Waals surface area contributed by atoms with Crippen LogP contribution in [0.15, 0.2) is 12.3 Å². The lowest BCUT2D eigenvalue weighted by Crippen LogP contribution is -2.55. The second-order valence-electron chi connectivity index (χ2n) is 6.21. The number of ether oxygens (including phenoxy) is 2. The van der Waals surface area contributed by atoms with Crippen molar-refractivity contribution in [1.82, 2.24) is 9.88 Å². The molecular formula is C15H21ClN2O4. The normalized spacial score (nSPS) is 17.9. The number of nitrogens with zero attached hydrogens (tertiary/aromatic N) is 2. The van der Waals surface area contributed by atoms with Gasteiger partial charge in [-0.15, -0.1) is 0 Å². The van der Waals surface area contributed by atoms with Crippen molar-refractivity contribution < 1.29 is 19.4 Å². The zero-order valence-electron chi connectivity index (χ0n) is 13.0. The Morgan fingerprint density at radius 1 is 1.55 bits per heavy atom. The fraction of sp³-hybridized carbons (Fsp3) is 0.600. The van der Waals surface area contributed by atoms with Crippen LogP contribution in [0.3, 0.4) is 0 Å². The predicted octanol–water partition coefficient (Wildman–Crippen LogP) is 2.62. The first-order chi connectivity index (χ1) is 10.3. The third kappa shape index (κ3) is 4.24. The summed E-state index contributed by atoms with van der Waals surface area (Å²) < 4.78 is 11.0. The topological polar surface area (TPSA) is 71.9 Å². The van der Waals surface area contributed by atoms with E-state index < -0.39 is 5.60 Å². The number of aliphatic hydroxyl groups excluding tert-OH is 1. The molecule has 122 valence electrons. The van der Waals surface area contributed by atoms with Crippen molar-refractivity contribution in [2.75, 3.05) is 13.2 Å². The van der Waals surface area contributed by atoms with Gasteiger partial charge in [0.05, 0.1) is 18.8 Å². The molecule has 1 aliphatic heterocycles. The van der Waals surface area contributed by atoms with Gasteiger partial charge in [-0.2, -0.15) is 0 Å². The van der Waals surface area contributed by atoms with E-state index in [9.17, 15) is 4.79 Å². The predicted molar refractivity (Wildman–Crippen MR) is 82.0 cm³/mol. The number of carbonyl (C=O) groups excluding carboxylic acids is 1. The lowest BCUT2D eigenvalue weighted by molar-refractivity contribution is -0.0141. The first-order valence-corrected chi connectivity index (χ1v) is 7.55. The molecule has 0 saturated carbocycles. The number of carbonyl (C=O) groups is 1. The number of likely N-dealkylation sites (tertiary alicyclic amines) is 1. The molecule has 1 amide bonds. The molecule has 0 unspecified atom stereocenters. The van der Waals surface area contributed by atoms with E-state index >= 15 is 0 Å². The van der Waals surface area contributed by atoms with Gasteiger partial charge in [-0.1, -0.05) is 11.6 Å². The van der Waals surface area contributed by atoms with E-state index in [-0.39, 0.29) is 23.9 Å². The van der Waals surface area contributed by atoms with Crippen molar-refractivity contribution in [1.29, 1.82) is 0 Å². The Bertz CT molecular complexity index is 545. The average Bonchev–Trinajstić information content (AvgIpc) is 2.37. The van der Waals surface area contributed by atoms with Crippen molar-refractivity contribution in [2.24, 2.45) is 0 Å². The van der Waals surface area contributed by atoms with Gasteiger partial charge in [0.2, 0.25) is 0 Å². The molecule has 0 radical (unpaired) electrons. The van der Waals surface area contributed by atoms with Gasteiger partial charge in [0.1, 0.15) is 23.1 Å². The van der Waals surface area contributed by atoms with Crippen molar-refractivity contribution >= 4 is 17.7 Å². The highest BCUT2D eigenvalue weighted by Crippen LogP contribution is 2.24. The monoisotopic (exact) mass is 328 g/mol. The van der Waals surface area contributed by atoms with Gasteiger partial charge in [0.15, 0.2) is 0 Å². The molecule has 1 fully saturated rings. The average molecular weight is 329 g/mol. The molecule has 0 aliphatic carbocycles. The number of aromatic nitrogens is 1. The summed E-state index contributed by atoms with van der Waals surface area (Å²) in [5.74, 6) is 0.518. The molecule has 7 heteroatoms. The second-order valence-corrected chi connectivity index (χ2v) is 6.56. The molecule has 0 spiro atoms. The van der Waals surface area contributed by atoms with E-state index in [2.05, 4.69) is 4.98 Å². The molecule has 1 aromatic heterocycles. The summed E-state index contributed by atoms with van der Waals surface area (Å²) in [7, 11) is 0. The Morgan fingerprint density at radius 3 is 2.82 bits per heavy atom. The number of amides is 1. The minimum atomic E-state index is -0.506. The Labute approximate surface area is 135 Å². The van der Waals surface area contributed by atoms with Crippen molar-refractivity contribution in [3.63, 3.8) is 0 Å². The lowest BCUT2D eigenvalue weighted by atomic mass is 10.1. The molecule has 1 atom stereocenters. The number of pyridine rings is 1. The van der Waals surface area contributed by atoms with Crippen molar-refractivity contribution in [3.05, 3.63) is 23.0 Å². The SMILES string of the molecule is CC(C)(C)OC(=O)N1CC[C@H]1COc1cnc(Cl)c(CO)c1. The number of halogens is 1. The van der Waals surface area contributed by atoms with Crippen LogP contribution in [-0.4, -0.2) is 45.9 Å². The van der Waals surface area contributed by atoms with E-state index in [0.717, 1.165) is 6.42 Å². The summed E-state index contributed by atoms with van der Waals surface area (Å²) >= 11 is 5.83. The first kappa shape index (κ1) is 16.8. The zero-order valence-corrected chi connectivity index (χ0v) is 13.8. The van der Waals surface area contributed by atoms with Crippen LogP contribution in [0, 0.1) is 0 Å². The highest BCUT2D eigenvalue weighted by atomic mass is 35.5. The number of aliphatic hydroxyl groups is 1. The van der Waals surface area contributed by atoms with Crippen LogP contribution in [0.1, 0.15) is 32.8 Å². The van der Waals surface area contributed by atoms with Gasteiger partial charge in [-0.3, -0.25) is 0 Å². The molecule has 22 heavy (non-hydrogen) atoms. The quantitative estimate of drug-likeness (QED) is 0.860. The Hall–Kier alpha value is -1.53. The van der Waals surface area contributed by atoms with Gasteiger partial charge in [-0.25, -0.2) is 9.78 Å². The maximum Gasteiger partial charge on any atom is 0.410 e. The van der Waals surface area contributed by atoms with Crippen LogP contribution in [0.2, 0.25) is 5.15 Å². The van der Waals surface area contributed by atoms with Gasteiger partial charge in [0.25, 0.3) is 0 Å². The molecule has 0 bridgehead atoms. The molecule has 1 aliphatic rings. The van der Waals surface area contributed by atoms with Crippen LogP contribution < -0.4 is 4.74 Å². The van der Waals surface area contributed by atoms with E-state index in [0.29, 0.717) is 24.5 Å². The second kappa shape index (κ2) is 6.71. The Kier molecular flexibility index (Phi) is 5.13. The molecule has 1 saturated heterocycles. The van der Waals surface area contributed by atoms with E-state index in [1.807, 2.05) is 20.8 Å². The summed E-state index contributed by atoms with van der Waals surface area (Å²) in [6, 6.07) is 1.63. The first-order valence-electron chi connectivity index (χ1n) is 7.18. The van der Waals surface area contributed by atoms with Crippen molar-refractivity contribution in [2.45, 2.75) is 45.4 Å². The summed E-state index contributed by atoms with van der Waals surface area (Å²) in [6.45, 7) is 6.34. The van der Waals surface area contributed by atoms with Crippen LogP contribution in [0.5, 0.6) is 5.75 Å². The van der Waals surface area contributed by atoms with E-state index in [1.54, 1.807) is 11.0 Å². The Morgan fingerprint density at radius 2 is 2.27 bits per heavy atom. The maximum atomic E-state index is 12.0. The van der Waals surface area contributed by atoms with Crippen LogP contribution >= 0.6 is 11.6 Å². The molecule has 0 aromatic carbocycles. The molecule has 6 nitrogen and oxygen atoms in total. The molecule has 1 aromatic rings. The number of rotatable bonds is 4. The minimum absolute atomic E-state index is 0.0110. The third-order valence-corrected chi connectivity index (χ3v) is 3.61. The fourth-order valence-electron chi connectivity index (χ4n) is 2.03. The zero-order chi connectivity index (χ0) is 16.3. The molecular weight excluding hydrogens is 308 g/mol. The van der Waals surface area contributed by atoms with Crippen molar-refractivity contribution in [3.8, 4) is 5.75 Å². The largest absolute Gasteiger partial charge is 0.490 e. The van der Waals surface area contributed by atoms with Crippen LogP contribution in [0.4, 0.5) is 4.79 Å². The van der Waals surface area contributed by atoms with Gasteiger partial charge in [0, 0.05) is 12.1 Å². The highest BCUT2D eigenvalue weighted by Gasteiger charge is 2.35. The highest BCUT2D eigenvalue weighted by molar-refractivity contribution is 6.30. The van der Waals surface area contributed by atoms with Gasteiger partial charge >= 0.3 is 6.09 Å². The number of hydrogen-bond acceptors (Lipinski definition) is 5. The van der Waals surface area contributed by atoms with Gasteiger partial charge < -0.3 is 19.5 Å². The third-order valence-electron chi connectivity index (χ3n) is 3.27. The molecule has 1 N–H and O–H groups in total. The van der Waals surface area contributed by atoms with Crippen LogP contribution in [-0.2, 0) is 11.3 Å². The molecule has 2 heterocycles. The molecule has 2 rings (SSSR count). The summed E-state index contributed by atoms with van der Waals surface area (Å²) in [4.78, 5) is 17.6. The summed E-state index contributed by atoms with van der Waals surface area (Å²) in [6.07, 6.45) is 2.04. The van der Waals surface area contributed by atoms with E-state index in [4.69, 9.17) is 26.2 Å².